The Morgan fingerprint density at radius 2 is 1.66 bits per heavy atom. The smallest absolute Gasteiger partial charge is 0.268 e. The van der Waals surface area contributed by atoms with E-state index in [1.807, 2.05) is 48.5 Å². The zero-order valence-electron chi connectivity index (χ0n) is 20.1. The summed E-state index contributed by atoms with van der Waals surface area (Å²) >= 11 is 0. The summed E-state index contributed by atoms with van der Waals surface area (Å²) in [6.07, 6.45) is 6.27. The van der Waals surface area contributed by atoms with Gasteiger partial charge in [0.15, 0.2) is 11.5 Å². The second-order valence-electron chi connectivity index (χ2n) is 9.65. The van der Waals surface area contributed by atoms with Gasteiger partial charge in [-0.2, -0.15) is 0 Å². The van der Waals surface area contributed by atoms with Crippen LogP contribution in [0.4, 0.5) is 0 Å². The molecule has 2 aromatic rings. The molecule has 0 bridgehead atoms. The molecule has 0 radical (unpaired) electrons. The third-order valence-corrected chi connectivity index (χ3v) is 7.12. The Balaban J connectivity index is 1.44. The molecule has 3 aliphatic rings. The van der Waals surface area contributed by atoms with E-state index in [2.05, 4.69) is 5.32 Å². The molecule has 5 rings (SSSR count). The van der Waals surface area contributed by atoms with Gasteiger partial charge in [0.25, 0.3) is 5.91 Å². The summed E-state index contributed by atoms with van der Waals surface area (Å²) in [6, 6.07) is 16.3. The van der Waals surface area contributed by atoms with Crippen molar-refractivity contribution in [3.05, 3.63) is 60.2 Å². The van der Waals surface area contributed by atoms with Crippen molar-refractivity contribution in [3.63, 3.8) is 0 Å². The van der Waals surface area contributed by atoms with E-state index in [9.17, 15) is 9.59 Å². The molecule has 0 aromatic heterocycles. The Kier molecular flexibility index (Phi) is 7.52. The van der Waals surface area contributed by atoms with Crippen molar-refractivity contribution in [2.75, 3.05) is 19.8 Å². The number of ether oxygens (including phenoxy) is 3. The first-order valence-electron chi connectivity index (χ1n) is 12.8. The van der Waals surface area contributed by atoms with Crippen LogP contribution in [0, 0.1) is 0 Å². The highest BCUT2D eigenvalue weighted by Crippen LogP contribution is 2.33. The van der Waals surface area contributed by atoms with E-state index < -0.39 is 12.1 Å². The van der Waals surface area contributed by atoms with Crippen molar-refractivity contribution in [3.8, 4) is 11.5 Å². The van der Waals surface area contributed by atoms with Gasteiger partial charge in [0, 0.05) is 19.2 Å². The Labute approximate surface area is 206 Å². The first-order valence-corrected chi connectivity index (χ1v) is 12.8. The fourth-order valence-corrected chi connectivity index (χ4v) is 5.29. The van der Waals surface area contributed by atoms with Crippen LogP contribution in [0.5, 0.6) is 11.5 Å². The van der Waals surface area contributed by atoms with Gasteiger partial charge in [-0.25, -0.2) is 0 Å². The molecule has 7 nitrogen and oxygen atoms in total. The third-order valence-electron chi connectivity index (χ3n) is 7.12. The molecule has 2 heterocycles. The molecule has 2 aromatic carbocycles. The van der Waals surface area contributed by atoms with Crippen LogP contribution >= 0.6 is 0 Å². The molecule has 3 atom stereocenters. The maximum absolute atomic E-state index is 14.0. The van der Waals surface area contributed by atoms with Gasteiger partial charge in [0.2, 0.25) is 12.0 Å². The highest BCUT2D eigenvalue weighted by atomic mass is 16.6. The highest BCUT2D eigenvalue weighted by molar-refractivity contribution is 5.91. The topological polar surface area (TPSA) is 77.1 Å². The second-order valence-corrected chi connectivity index (χ2v) is 9.65. The van der Waals surface area contributed by atoms with Crippen molar-refractivity contribution >= 4 is 11.8 Å². The number of nitrogens with zero attached hydrogens (tertiary/aromatic N) is 1. The average molecular weight is 479 g/mol. The van der Waals surface area contributed by atoms with Gasteiger partial charge < -0.3 is 24.4 Å². The predicted octanol–water partition coefficient (Wildman–Crippen LogP) is 4.02. The quantitative estimate of drug-likeness (QED) is 0.650. The molecule has 1 aliphatic carbocycles. The van der Waals surface area contributed by atoms with Crippen molar-refractivity contribution in [1.82, 2.24) is 10.2 Å². The van der Waals surface area contributed by atoms with Crippen molar-refractivity contribution < 1.29 is 23.8 Å². The van der Waals surface area contributed by atoms with E-state index >= 15 is 0 Å². The summed E-state index contributed by atoms with van der Waals surface area (Å²) in [5, 5.41) is 3.25. The molecule has 7 heteroatoms. The number of carbonyl (C=O) groups excluding carboxylic acids is 2. The second kappa shape index (κ2) is 11.1. The van der Waals surface area contributed by atoms with E-state index in [0.717, 1.165) is 44.1 Å². The van der Waals surface area contributed by atoms with E-state index in [-0.39, 0.29) is 30.6 Å². The molecular weight excluding hydrogens is 444 g/mol. The van der Waals surface area contributed by atoms with Crippen LogP contribution in [0.15, 0.2) is 54.6 Å². The Bertz CT molecular complexity index is 1000. The van der Waals surface area contributed by atoms with Crippen LogP contribution < -0.4 is 14.8 Å². The van der Waals surface area contributed by atoms with Crippen LogP contribution in [0.1, 0.15) is 56.6 Å². The Morgan fingerprint density at radius 1 is 0.914 bits per heavy atom. The Morgan fingerprint density at radius 3 is 2.40 bits per heavy atom. The fraction of sp³-hybridized carbons (Fsp3) is 0.500. The maximum atomic E-state index is 14.0. The number of amides is 2. The zero-order chi connectivity index (χ0) is 24.0. The van der Waals surface area contributed by atoms with Crippen LogP contribution in [0.2, 0.25) is 0 Å². The maximum Gasteiger partial charge on any atom is 0.268 e. The van der Waals surface area contributed by atoms with Crippen molar-refractivity contribution in [2.45, 2.75) is 69.2 Å². The molecule has 35 heavy (non-hydrogen) atoms. The minimum Gasteiger partial charge on any atom is -0.485 e. The average Bonchev–Trinajstić information content (AvgIpc) is 3.42. The van der Waals surface area contributed by atoms with Gasteiger partial charge in [-0.3, -0.25) is 9.59 Å². The van der Waals surface area contributed by atoms with E-state index in [0.29, 0.717) is 24.7 Å². The SMILES string of the molecule is O=C(NC1CCCCC1)C(c1ccccc1)N(CC1CCCO1)C(=O)C1COc2ccccc2O1. The normalized spacial score (nSPS) is 22.9. The molecule has 1 N–H and O–H groups in total. The third kappa shape index (κ3) is 5.61. The summed E-state index contributed by atoms with van der Waals surface area (Å²) < 4.78 is 17.8. The number of hydrogen-bond acceptors (Lipinski definition) is 5. The molecule has 1 saturated carbocycles. The lowest BCUT2D eigenvalue weighted by atomic mass is 9.94. The minimum absolute atomic E-state index is 0.101. The number of hydrogen-bond donors (Lipinski definition) is 1. The van der Waals surface area contributed by atoms with Crippen LogP contribution in [0.25, 0.3) is 0 Å². The number of benzene rings is 2. The molecule has 2 amide bonds. The molecule has 2 fully saturated rings. The highest BCUT2D eigenvalue weighted by Gasteiger charge is 2.40. The summed E-state index contributed by atoms with van der Waals surface area (Å²) in [4.78, 5) is 29.4. The van der Waals surface area contributed by atoms with E-state index in [1.54, 1.807) is 11.0 Å². The number of fused-ring (bicyclic) bond motifs is 1. The lowest BCUT2D eigenvalue weighted by Crippen LogP contribution is -2.54. The lowest BCUT2D eigenvalue weighted by Gasteiger charge is -2.37. The van der Waals surface area contributed by atoms with Crippen LogP contribution in [0.3, 0.4) is 0 Å². The predicted molar refractivity (Wildman–Crippen MR) is 131 cm³/mol. The first-order chi connectivity index (χ1) is 17.2. The fourth-order valence-electron chi connectivity index (χ4n) is 5.29. The molecule has 0 spiro atoms. The monoisotopic (exact) mass is 478 g/mol. The van der Waals surface area contributed by atoms with E-state index in [1.165, 1.54) is 6.42 Å². The molecule has 3 unspecified atom stereocenters. The molecular formula is C28H34N2O5. The zero-order valence-corrected chi connectivity index (χ0v) is 20.1. The van der Waals surface area contributed by atoms with Crippen LogP contribution in [-0.2, 0) is 14.3 Å². The van der Waals surface area contributed by atoms with Gasteiger partial charge >= 0.3 is 0 Å². The van der Waals surface area contributed by atoms with Gasteiger partial charge in [-0.1, -0.05) is 61.7 Å². The number of rotatable bonds is 7. The Hall–Kier alpha value is -3.06. The van der Waals surface area contributed by atoms with E-state index in [4.69, 9.17) is 14.2 Å². The molecule has 1 saturated heterocycles. The number of carbonyl (C=O) groups is 2. The van der Waals surface area contributed by atoms with Crippen molar-refractivity contribution in [1.29, 1.82) is 0 Å². The van der Waals surface area contributed by atoms with Gasteiger partial charge in [-0.15, -0.1) is 0 Å². The standard InChI is InChI=1S/C28H34N2O5/c31-27(29-21-12-5-2-6-13-21)26(20-10-3-1-4-11-20)30(18-22-14-9-17-33-22)28(32)25-19-34-23-15-7-8-16-24(23)35-25/h1,3-4,7-8,10-11,15-16,21-22,25-26H,2,5-6,9,12-14,17-19H2,(H,29,31). The summed E-state index contributed by atoms with van der Waals surface area (Å²) in [6.45, 7) is 1.11. The van der Waals surface area contributed by atoms with Gasteiger partial charge in [0.05, 0.1) is 6.10 Å². The van der Waals surface area contributed by atoms with Gasteiger partial charge in [0.1, 0.15) is 12.6 Å². The summed E-state index contributed by atoms with van der Waals surface area (Å²) in [5.74, 6) is 0.753. The lowest BCUT2D eigenvalue weighted by molar-refractivity contribution is -0.150. The van der Waals surface area contributed by atoms with Crippen LogP contribution in [-0.4, -0.2) is 54.7 Å². The number of nitrogens with one attached hydrogen (secondary N) is 1. The molecule has 2 aliphatic heterocycles. The largest absolute Gasteiger partial charge is 0.485 e. The van der Waals surface area contributed by atoms with Crippen molar-refractivity contribution in [2.24, 2.45) is 0 Å². The minimum atomic E-state index is -0.833. The first kappa shape index (κ1) is 23.7. The summed E-state index contributed by atoms with van der Waals surface area (Å²) in [5.41, 5.74) is 0.782. The number of para-hydroxylation sites is 2. The molecule has 186 valence electrons. The van der Waals surface area contributed by atoms with Gasteiger partial charge in [-0.05, 0) is 43.4 Å². The summed E-state index contributed by atoms with van der Waals surface area (Å²) in [7, 11) is 0.